The lowest BCUT2D eigenvalue weighted by atomic mass is 10.1. The van der Waals surface area contributed by atoms with Crippen molar-refractivity contribution in [3.8, 4) is 0 Å². The van der Waals surface area contributed by atoms with Gasteiger partial charge in [-0.05, 0) is 43.2 Å². The molecule has 146 valence electrons. The van der Waals surface area contributed by atoms with Crippen LogP contribution in [0.5, 0.6) is 0 Å². The first kappa shape index (κ1) is 19.7. The molecule has 28 heavy (non-hydrogen) atoms. The molecule has 2 aromatic carbocycles. The van der Waals surface area contributed by atoms with E-state index in [1.54, 1.807) is 36.4 Å². The molecule has 0 spiro atoms. The van der Waals surface area contributed by atoms with Gasteiger partial charge in [0.05, 0.1) is 16.0 Å². The highest BCUT2D eigenvalue weighted by molar-refractivity contribution is 7.89. The molecule has 0 fully saturated rings. The monoisotopic (exact) mass is 401 g/mol. The van der Waals surface area contributed by atoms with E-state index in [0.717, 1.165) is 10.5 Å². The second kappa shape index (κ2) is 7.53. The molecular weight excluding hydrogens is 382 g/mol. The Labute approximate surface area is 162 Å². The fourth-order valence-corrected chi connectivity index (χ4v) is 3.52. The van der Waals surface area contributed by atoms with Gasteiger partial charge in [-0.1, -0.05) is 24.3 Å². The van der Waals surface area contributed by atoms with Crippen molar-refractivity contribution in [2.75, 3.05) is 6.54 Å². The predicted octanol–water partition coefficient (Wildman–Crippen LogP) is 0.677. The Hall–Kier alpha value is -3.04. The number of carbonyl (C=O) groups is 3. The maximum absolute atomic E-state index is 12.4. The number of rotatable bonds is 6. The Bertz CT molecular complexity index is 1010. The van der Waals surface area contributed by atoms with Crippen molar-refractivity contribution >= 4 is 27.7 Å². The van der Waals surface area contributed by atoms with Crippen molar-refractivity contribution in [1.82, 2.24) is 10.2 Å². The number of hydrogen-bond acceptors (Lipinski definition) is 5. The van der Waals surface area contributed by atoms with Crippen molar-refractivity contribution in [1.29, 1.82) is 0 Å². The molecular formula is C19H19N3O5S. The van der Waals surface area contributed by atoms with Crippen LogP contribution in [0.3, 0.4) is 0 Å². The lowest BCUT2D eigenvalue weighted by molar-refractivity contribution is -0.124. The van der Waals surface area contributed by atoms with E-state index in [1.807, 2.05) is 0 Å². The van der Waals surface area contributed by atoms with Crippen molar-refractivity contribution < 1.29 is 22.8 Å². The van der Waals surface area contributed by atoms with Crippen LogP contribution >= 0.6 is 0 Å². The Balaban J connectivity index is 1.58. The van der Waals surface area contributed by atoms with Crippen molar-refractivity contribution in [3.63, 3.8) is 0 Å². The number of sulfonamides is 1. The van der Waals surface area contributed by atoms with Crippen LogP contribution in [-0.2, 0) is 21.2 Å². The van der Waals surface area contributed by atoms with Gasteiger partial charge in [0.1, 0.15) is 6.04 Å². The van der Waals surface area contributed by atoms with E-state index in [4.69, 9.17) is 5.14 Å². The van der Waals surface area contributed by atoms with Crippen LogP contribution in [0, 0.1) is 0 Å². The number of nitrogens with zero attached hydrogens (tertiary/aromatic N) is 1. The minimum Gasteiger partial charge on any atom is -0.354 e. The Morgan fingerprint density at radius 2 is 1.57 bits per heavy atom. The second-order valence-corrected chi connectivity index (χ2v) is 7.99. The summed E-state index contributed by atoms with van der Waals surface area (Å²) in [5.74, 6) is -1.42. The van der Waals surface area contributed by atoms with E-state index in [9.17, 15) is 22.8 Å². The fourth-order valence-electron chi connectivity index (χ4n) is 3.00. The maximum atomic E-state index is 12.4. The summed E-state index contributed by atoms with van der Waals surface area (Å²) in [6.45, 7) is 1.76. The molecule has 3 amide bonds. The first-order chi connectivity index (χ1) is 13.2. The smallest absolute Gasteiger partial charge is 0.262 e. The summed E-state index contributed by atoms with van der Waals surface area (Å²) in [5, 5.41) is 7.74. The Morgan fingerprint density at radius 1 is 1.04 bits per heavy atom. The zero-order chi connectivity index (χ0) is 20.5. The molecule has 3 N–H and O–H groups in total. The van der Waals surface area contributed by atoms with Crippen LogP contribution in [0.4, 0.5) is 0 Å². The van der Waals surface area contributed by atoms with Gasteiger partial charge in [-0.25, -0.2) is 13.6 Å². The molecule has 1 atom stereocenters. The summed E-state index contributed by atoms with van der Waals surface area (Å²) in [5.41, 5.74) is 1.39. The second-order valence-electron chi connectivity index (χ2n) is 6.43. The van der Waals surface area contributed by atoms with Crippen LogP contribution in [0.25, 0.3) is 0 Å². The molecule has 0 radical (unpaired) electrons. The zero-order valence-corrected chi connectivity index (χ0v) is 15.9. The number of nitrogens with one attached hydrogen (secondary N) is 1. The van der Waals surface area contributed by atoms with Gasteiger partial charge in [0.2, 0.25) is 15.9 Å². The lowest BCUT2D eigenvalue weighted by Crippen LogP contribution is -2.48. The number of amides is 3. The topological polar surface area (TPSA) is 127 Å². The van der Waals surface area contributed by atoms with Crippen LogP contribution < -0.4 is 10.5 Å². The van der Waals surface area contributed by atoms with E-state index < -0.39 is 33.8 Å². The molecule has 0 aliphatic carbocycles. The largest absolute Gasteiger partial charge is 0.354 e. The van der Waals surface area contributed by atoms with E-state index in [-0.39, 0.29) is 11.4 Å². The molecule has 0 saturated carbocycles. The van der Waals surface area contributed by atoms with E-state index >= 15 is 0 Å². The average molecular weight is 401 g/mol. The van der Waals surface area contributed by atoms with Gasteiger partial charge in [0.25, 0.3) is 11.8 Å². The molecule has 1 unspecified atom stereocenters. The van der Waals surface area contributed by atoms with Gasteiger partial charge in [-0.2, -0.15) is 0 Å². The molecule has 9 heteroatoms. The molecule has 1 aliphatic rings. The predicted molar refractivity (Wildman–Crippen MR) is 101 cm³/mol. The number of carbonyl (C=O) groups excluding carboxylic acids is 3. The summed E-state index contributed by atoms with van der Waals surface area (Å²) in [6, 6.07) is 11.5. The highest BCUT2D eigenvalue weighted by Crippen LogP contribution is 2.24. The Kier molecular flexibility index (Phi) is 5.30. The summed E-state index contributed by atoms with van der Waals surface area (Å²) in [6.07, 6.45) is 0.450. The molecule has 1 heterocycles. The molecule has 1 aliphatic heterocycles. The molecule has 3 rings (SSSR count). The van der Waals surface area contributed by atoms with Gasteiger partial charge in [-0.3, -0.25) is 19.3 Å². The van der Waals surface area contributed by atoms with Crippen LogP contribution in [-0.4, -0.2) is 43.6 Å². The standard InChI is InChI=1S/C19H19N3O5S/c1-12(22-18(24)15-4-2-3-5-16(15)19(22)25)17(23)21-11-10-13-6-8-14(9-7-13)28(20,26)27/h2-9,12H,10-11H2,1H3,(H,21,23)(H2,20,26,27). The van der Waals surface area contributed by atoms with E-state index in [1.165, 1.54) is 19.1 Å². The number of imide groups is 1. The lowest BCUT2D eigenvalue weighted by Gasteiger charge is -2.21. The molecule has 0 bridgehead atoms. The summed E-state index contributed by atoms with van der Waals surface area (Å²) in [4.78, 5) is 38.2. The average Bonchev–Trinajstić information content (AvgIpc) is 2.92. The number of primary sulfonamides is 1. The minimum absolute atomic E-state index is 0.0135. The maximum Gasteiger partial charge on any atom is 0.262 e. The number of hydrogen-bond donors (Lipinski definition) is 2. The number of fused-ring (bicyclic) bond motifs is 1. The third-order valence-corrected chi connectivity index (χ3v) is 5.49. The summed E-state index contributed by atoms with van der Waals surface area (Å²) >= 11 is 0. The van der Waals surface area contributed by atoms with Gasteiger partial charge in [0, 0.05) is 6.54 Å². The summed E-state index contributed by atoms with van der Waals surface area (Å²) < 4.78 is 22.5. The van der Waals surface area contributed by atoms with Gasteiger partial charge in [-0.15, -0.1) is 0 Å². The van der Waals surface area contributed by atoms with Crippen molar-refractivity contribution in [2.24, 2.45) is 5.14 Å². The first-order valence-corrected chi connectivity index (χ1v) is 10.1. The normalized spacial score (nSPS) is 14.7. The molecule has 0 saturated heterocycles. The minimum atomic E-state index is -3.75. The van der Waals surface area contributed by atoms with Crippen LogP contribution in [0.15, 0.2) is 53.4 Å². The van der Waals surface area contributed by atoms with Gasteiger partial charge < -0.3 is 5.32 Å². The number of benzene rings is 2. The molecule has 2 aromatic rings. The highest BCUT2D eigenvalue weighted by Gasteiger charge is 2.40. The SMILES string of the molecule is CC(C(=O)NCCc1ccc(S(N)(=O)=O)cc1)N1C(=O)c2ccccc2C1=O. The van der Waals surface area contributed by atoms with Gasteiger partial charge in [0.15, 0.2) is 0 Å². The highest BCUT2D eigenvalue weighted by atomic mass is 32.2. The molecule has 0 aromatic heterocycles. The Morgan fingerprint density at radius 3 is 2.07 bits per heavy atom. The third kappa shape index (κ3) is 3.80. The van der Waals surface area contributed by atoms with E-state index in [2.05, 4.69) is 5.32 Å². The zero-order valence-electron chi connectivity index (χ0n) is 15.1. The van der Waals surface area contributed by atoms with Gasteiger partial charge >= 0.3 is 0 Å². The quantitative estimate of drug-likeness (QED) is 0.688. The van der Waals surface area contributed by atoms with Crippen LogP contribution in [0.2, 0.25) is 0 Å². The number of nitrogens with two attached hydrogens (primary N) is 1. The fraction of sp³-hybridized carbons (Fsp3) is 0.211. The van der Waals surface area contributed by atoms with Crippen LogP contribution in [0.1, 0.15) is 33.2 Å². The third-order valence-electron chi connectivity index (χ3n) is 4.56. The van der Waals surface area contributed by atoms with E-state index in [0.29, 0.717) is 17.5 Å². The van der Waals surface area contributed by atoms with Crippen molar-refractivity contribution in [3.05, 3.63) is 65.2 Å². The summed E-state index contributed by atoms with van der Waals surface area (Å²) in [7, 11) is -3.75. The van der Waals surface area contributed by atoms with Crippen molar-refractivity contribution in [2.45, 2.75) is 24.3 Å². The first-order valence-electron chi connectivity index (χ1n) is 8.56. The molecule has 8 nitrogen and oxygen atoms in total.